The summed E-state index contributed by atoms with van der Waals surface area (Å²) in [5.41, 5.74) is -0.639. The number of hydrogen-bond acceptors (Lipinski definition) is 4. The average Bonchev–Trinajstić information content (AvgIpc) is 2.69. The summed E-state index contributed by atoms with van der Waals surface area (Å²) in [6, 6.07) is 2.03. The molecular weight excluding hydrogens is 313 g/mol. The van der Waals surface area contributed by atoms with Gasteiger partial charge in [0.1, 0.15) is 10.2 Å². The molecule has 1 saturated heterocycles. The first-order valence-electron chi connectivity index (χ1n) is 5.87. The van der Waals surface area contributed by atoms with Crippen LogP contribution in [0.15, 0.2) is 22.8 Å². The van der Waals surface area contributed by atoms with Gasteiger partial charge < -0.3 is 0 Å². The van der Waals surface area contributed by atoms with E-state index >= 15 is 0 Å². The number of rotatable bonds is 3. The van der Waals surface area contributed by atoms with Gasteiger partial charge in [0.15, 0.2) is 9.92 Å². The van der Waals surface area contributed by atoms with Crippen LogP contribution in [0.4, 0.5) is 13.2 Å². The highest BCUT2D eigenvalue weighted by Gasteiger charge is 2.33. The Labute approximate surface area is 118 Å². The predicted molar refractivity (Wildman–Crippen MR) is 66.7 cm³/mol. The van der Waals surface area contributed by atoms with Gasteiger partial charge in [-0.15, -0.1) is 0 Å². The molecule has 21 heavy (non-hydrogen) atoms. The first-order valence-corrected chi connectivity index (χ1v) is 7.51. The summed E-state index contributed by atoms with van der Waals surface area (Å²) in [6.07, 6.45) is -3.03. The SMILES string of the molecule is O=[N+]([O-])N=S1(=O)CCCN1Cc1ccc(C(F)(F)F)nc1. The van der Waals surface area contributed by atoms with Crippen LogP contribution >= 0.6 is 0 Å². The highest BCUT2D eigenvalue weighted by atomic mass is 32.2. The number of hydrogen-bond donors (Lipinski definition) is 0. The highest BCUT2D eigenvalue weighted by Crippen LogP contribution is 2.27. The van der Waals surface area contributed by atoms with Gasteiger partial charge in [-0.25, -0.2) is 18.6 Å². The Balaban J connectivity index is 2.19. The van der Waals surface area contributed by atoms with Crippen LogP contribution in [0.3, 0.4) is 0 Å². The summed E-state index contributed by atoms with van der Waals surface area (Å²) in [4.78, 5) is 13.7. The maximum Gasteiger partial charge on any atom is 0.433 e. The topological polar surface area (TPSA) is 88.7 Å². The second-order valence-electron chi connectivity index (χ2n) is 4.40. The zero-order valence-electron chi connectivity index (χ0n) is 10.6. The maximum absolute atomic E-state index is 12.4. The van der Waals surface area contributed by atoms with Crippen molar-refractivity contribution in [2.75, 3.05) is 12.3 Å². The van der Waals surface area contributed by atoms with Crippen molar-refractivity contribution >= 4 is 9.92 Å². The van der Waals surface area contributed by atoms with Gasteiger partial charge in [-0.05, 0) is 18.1 Å². The Morgan fingerprint density at radius 3 is 2.71 bits per heavy atom. The van der Waals surface area contributed by atoms with Crippen molar-refractivity contribution in [2.45, 2.75) is 19.1 Å². The number of alkyl halides is 3. The van der Waals surface area contributed by atoms with Crippen molar-refractivity contribution in [1.29, 1.82) is 0 Å². The molecule has 116 valence electrons. The van der Waals surface area contributed by atoms with Crippen LogP contribution in [-0.2, 0) is 22.6 Å². The van der Waals surface area contributed by atoms with Crippen molar-refractivity contribution in [2.24, 2.45) is 4.47 Å². The van der Waals surface area contributed by atoms with Crippen molar-refractivity contribution in [3.8, 4) is 0 Å². The van der Waals surface area contributed by atoms with Crippen LogP contribution in [0.25, 0.3) is 0 Å². The summed E-state index contributed by atoms with van der Waals surface area (Å²) in [7, 11) is -3.12. The zero-order valence-corrected chi connectivity index (χ0v) is 11.4. The number of nitro groups is 1. The van der Waals surface area contributed by atoms with Crippen LogP contribution < -0.4 is 0 Å². The Morgan fingerprint density at radius 1 is 1.48 bits per heavy atom. The second kappa shape index (κ2) is 5.56. The van der Waals surface area contributed by atoms with Gasteiger partial charge in [0, 0.05) is 19.3 Å². The molecular formula is C10H11F3N4O3S. The van der Waals surface area contributed by atoms with E-state index in [-0.39, 0.29) is 12.3 Å². The van der Waals surface area contributed by atoms with E-state index in [0.29, 0.717) is 18.5 Å². The molecule has 2 rings (SSSR count). The van der Waals surface area contributed by atoms with E-state index in [4.69, 9.17) is 0 Å². The lowest BCUT2D eigenvalue weighted by molar-refractivity contribution is -0.482. The third-order valence-corrected chi connectivity index (χ3v) is 5.22. The second-order valence-corrected chi connectivity index (χ2v) is 6.70. The Hall–Kier alpha value is -1.75. The molecule has 1 unspecified atom stereocenters. The van der Waals surface area contributed by atoms with Crippen LogP contribution in [0.2, 0.25) is 0 Å². The molecule has 0 aromatic carbocycles. The third-order valence-electron chi connectivity index (χ3n) is 2.89. The third kappa shape index (κ3) is 3.67. The lowest BCUT2D eigenvalue weighted by atomic mass is 10.2. The first-order chi connectivity index (χ1) is 9.71. The summed E-state index contributed by atoms with van der Waals surface area (Å²) < 4.78 is 53.7. The van der Waals surface area contributed by atoms with Crippen molar-refractivity contribution in [1.82, 2.24) is 9.29 Å². The zero-order chi connectivity index (χ0) is 15.7. The first kappa shape index (κ1) is 15.6. The molecule has 0 radical (unpaired) electrons. The molecule has 7 nitrogen and oxygen atoms in total. The normalized spacial score (nSPS) is 23.2. The van der Waals surface area contributed by atoms with Crippen LogP contribution in [0.1, 0.15) is 17.7 Å². The van der Waals surface area contributed by atoms with Gasteiger partial charge in [0.25, 0.3) is 0 Å². The maximum atomic E-state index is 12.4. The molecule has 0 N–H and O–H groups in total. The molecule has 1 aromatic heterocycles. The molecule has 1 atom stereocenters. The lowest BCUT2D eigenvalue weighted by Crippen LogP contribution is -2.26. The molecule has 0 saturated carbocycles. The van der Waals surface area contributed by atoms with E-state index in [1.54, 1.807) is 0 Å². The van der Waals surface area contributed by atoms with E-state index in [9.17, 15) is 27.5 Å². The minimum Gasteiger partial charge on any atom is -0.251 e. The standard InChI is InChI=1S/C10H11F3N4O3S/c11-10(12,13)9-3-2-8(6-14-9)7-16-4-1-5-21(16,20)15-17(18)19/h2-3,6H,1,4-5,7H2. The van der Waals surface area contributed by atoms with Crippen molar-refractivity contribution in [3.05, 3.63) is 39.7 Å². The summed E-state index contributed by atoms with van der Waals surface area (Å²) in [6.45, 7) is 0.332. The number of nitrogens with zero attached hydrogens (tertiary/aromatic N) is 4. The molecule has 1 aliphatic rings. The molecule has 1 aromatic rings. The molecule has 1 fully saturated rings. The van der Waals surface area contributed by atoms with Crippen LogP contribution in [0, 0.1) is 10.1 Å². The predicted octanol–water partition coefficient (Wildman–Crippen LogP) is 1.88. The monoisotopic (exact) mass is 324 g/mol. The number of halogens is 3. The largest absolute Gasteiger partial charge is 0.433 e. The summed E-state index contributed by atoms with van der Waals surface area (Å²) >= 11 is 0. The molecule has 0 bridgehead atoms. The van der Waals surface area contributed by atoms with Gasteiger partial charge in [-0.1, -0.05) is 6.07 Å². The van der Waals surface area contributed by atoms with Crippen LogP contribution in [0.5, 0.6) is 0 Å². The van der Waals surface area contributed by atoms with Gasteiger partial charge in [0.05, 0.1) is 5.75 Å². The molecule has 1 aliphatic heterocycles. The quantitative estimate of drug-likeness (QED) is 0.627. The molecule has 0 spiro atoms. The van der Waals surface area contributed by atoms with E-state index in [0.717, 1.165) is 12.3 Å². The van der Waals surface area contributed by atoms with Gasteiger partial charge in [-0.3, -0.25) is 4.98 Å². The van der Waals surface area contributed by atoms with Crippen molar-refractivity contribution in [3.63, 3.8) is 0 Å². The Morgan fingerprint density at radius 2 is 2.19 bits per heavy atom. The van der Waals surface area contributed by atoms with E-state index in [2.05, 4.69) is 9.46 Å². The summed E-state index contributed by atoms with van der Waals surface area (Å²) in [5.74, 6) is 0.0715. The minimum atomic E-state index is -4.53. The number of pyridine rings is 1. The molecule has 11 heteroatoms. The van der Waals surface area contributed by atoms with E-state index in [1.165, 1.54) is 10.4 Å². The van der Waals surface area contributed by atoms with E-state index < -0.39 is 26.8 Å². The number of aromatic nitrogens is 1. The fraction of sp³-hybridized carbons (Fsp3) is 0.500. The fourth-order valence-corrected chi connectivity index (χ4v) is 3.89. The van der Waals surface area contributed by atoms with E-state index in [1.807, 2.05) is 0 Å². The Kier molecular flexibility index (Phi) is 4.14. The molecule has 2 heterocycles. The smallest absolute Gasteiger partial charge is 0.251 e. The molecule has 0 amide bonds. The highest BCUT2D eigenvalue weighted by molar-refractivity contribution is 7.91. The minimum absolute atomic E-state index is 0.00130. The van der Waals surface area contributed by atoms with Crippen LogP contribution in [-0.4, -0.2) is 30.8 Å². The molecule has 0 aliphatic carbocycles. The van der Waals surface area contributed by atoms with Crippen molar-refractivity contribution < 1.29 is 22.4 Å². The van der Waals surface area contributed by atoms with Gasteiger partial charge in [0.2, 0.25) is 5.03 Å². The average molecular weight is 324 g/mol. The lowest BCUT2D eigenvalue weighted by Gasteiger charge is -2.15. The van der Waals surface area contributed by atoms with Gasteiger partial charge in [-0.2, -0.15) is 13.2 Å². The summed E-state index contributed by atoms with van der Waals surface area (Å²) in [5, 5.41) is 9.41. The fourth-order valence-electron chi connectivity index (χ4n) is 1.97. The van der Waals surface area contributed by atoms with Gasteiger partial charge >= 0.3 is 6.18 Å². The Bertz CT molecular complexity index is 653.